The van der Waals surface area contributed by atoms with Crippen molar-refractivity contribution in [2.24, 2.45) is 5.73 Å². The van der Waals surface area contributed by atoms with E-state index >= 15 is 0 Å². The van der Waals surface area contributed by atoms with Crippen LogP contribution in [0.2, 0.25) is 0 Å². The van der Waals surface area contributed by atoms with E-state index in [0.717, 1.165) is 28.8 Å². The number of nitrogens with one attached hydrogen (secondary N) is 3. The standard InChI is InChI=1S/C22H20N4O6S.CH5N.ClH/c27-15-9-32-13-5-4-10(6-12(13)24-15)8-23-21(31)19-25-20(30)18-17-11(7-16(28)29)2-1-3-14(17)33-22(18)26-19;1-2;/h4-6,11H,1-3,7-9H2,(H,23,31)(H,24,27)(H,28,29)(H,25,26,30);2H2,1H3;1H. The number of nitrogens with two attached hydrogens (primary N) is 1. The van der Waals surface area contributed by atoms with Crippen molar-refractivity contribution in [3.05, 3.63) is 50.4 Å². The molecule has 192 valence electrons. The fourth-order valence-corrected chi connectivity index (χ4v) is 5.67. The lowest BCUT2D eigenvalue weighted by Crippen LogP contribution is -2.28. The number of aryl methyl sites for hydroxylation is 1. The number of nitrogens with zero attached hydrogens (tertiary/aromatic N) is 1. The van der Waals surface area contributed by atoms with Gasteiger partial charge in [-0.3, -0.25) is 19.2 Å². The summed E-state index contributed by atoms with van der Waals surface area (Å²) in [7, 11) is 1.50. The number of thiophene rings is 1. The van der Waals surface area contributed by atoms with E-state index in [4.69, 9.17) is 4.74 Å². The maximum absolute atomic E-state index is 12.9. The maximum Gasteiger partial charge on any atom is 0.303 e. The van der Waals surface area contributed by atoms with Crippen LogP contribution in [0, 0.1) is 0 Å². The molecule has 2 amide bonds. The molecule has 5 rings (SSSR count). The summed E-state index contributed by atoms with van der Waals surface area (Å²) in [6, 6.07) is 5.19. The molecular formula is C23H26ClN5O6S. The number of carbonyl (C=O) groups is 3. The summed E-state index contributed by atoms with van der Waals surface area (Å²) in [6.07, 6.45) is 2.30. The van der Waals surface area contributed by atoms with Crippen molar-refractivity contribution in [1.29, 1.82) is 0 Å². The van der Waals surface area contributed by atoms with Crippen LogP contribution in [-0.4, -0.2) is 46.5 Å². The largest absolute Gasteiger partial charge is 0.482 e. The predicted molar refractivity (Wildman–Crippen MR) is 137 cm³/mol. The number of aromatic amines is 1. The van der Waals surface area contributed by atoms with Crippen LogP contribution in [0.4, 0.5) is 5.69 Å². The van der Waals surface area contributed by atoms with Crippen LogP contribution in [0.1, 0.15) is 51.8 Å². The van der Waals surface area contributed by atoms with Gasteiger partial charge in [0.15, 0.2) is 6.61 Å². The minimum absolute atomic E-state index is 0. The number of halogens is 1. The van der Waals surface area contributed by atoms with Gasteiger partial charge in [-0.1, -0.05) is 6.07 Å². The number of H-pyrrole nitrogens is 1. The molecule has 6 N–H and O–H groups in total. The van der Waals surface area contributed by atoms with Crippen LogP contribution in [0.15, 0.2) is 23.0 Å². The van der Waals surface area contributed by atoms with Crippen LogP contribution in [0.5, 0.6) is 5.75 Å². The Morgan fingerprint density at radius 1 is 1.31 bits per heavy atom. The van der Waals surface area contributed by atoms with Crippen LogP contribution >= 0.6 is 23.7 Å². The van der Waals surface area contributed by atoms with Gasteiger partial charge in [0.05, 0.1) is 17.5 Å². The van der Waals surface area contributed by atoms with Crippen LogP contribution in [0.3, 0.4) is 0 Å². The first-order valence-electron chi connectivity index (χ1n) is 11.1. The second-order valence-electron chi connectivity index (χ2n) is 8.07. The van der Waals surface area contributed by atoms with Gasteiger partial charge < -0.3 is 31.2 Å². The van der Waals surface area contributed by atoms with Gasteiger partial charge in [0.1, 0.15) is 10.6 Å². The minimum Gasteiger partial charge on any atom is -0.482 e. The molecule has 1 unspecified atom stereocenters. The third-order valence-electron chi connectivity index (χ3n) is 5.81. The molecule has 0 saturated heterocycles. The molecule has 11 nitrogen and oxygen atoms in total. The number of aliphatic carboxylic acids is 1. The number of hydrogen-bond acceptors (Lipinski definition) is 8. The van der Waals surface area contributed by atoms with Crippen LogP contribution < -0.4 is 26.7 Å². The maximum atomic E-state index is 12.9. The number of carboxylic acid groups (broad SMARTS) is 1. The Bertz CT molecular complexity index is 1370. The molecule has 0 fully saturated rings. The monoisotopic (exact) mass is 535 g/mol. The van der Waals surface area contributed by atoms with Gasteiger partial charge in [0, 0.05) is 11.4 Å². The molecule has 0 bridgehead atoms. The molecule has 3 aromatic rings. The van der Waals surface area contributed by atoms with Crippen LogP contribution in [-0.2, 0) is 22.6 Å². The molecule has 3 heterocycles. The Hall–Kier alpha value is -3.48. The van der Waals surface area contributed by atoms with Gasteiger partial charge in [-0.05, 0) is 55.5 Å². The molecule has 1 aliphatic heterocycles. The van der Waals surface area contributed by atoms with Crippen molar-refractivity contribution in [2.75, 3.05) is 19.0 Å². The minimum atomic E-state index is -0.902. The zero-order valence-corrected chi connectivity index (χ0v) is 21.0. The zero-order valence-electron chi connectivity index (χ0n) is 19.4. The first-order chi connectivity index (χ1) is 16.9. The topological polar surface area (TPSA) is 176 Å². The van der Waals surface area contributed by atoms with E-state index in [9.17, 15) is 24.3 Å². The highest BCUT2D eigenvalue weighted by Gasteiger charge is 2.29. The van der Waals surface area contributed by atoms with Crippen molar-refractivity contribution in [2.45, 2.75) is 38.1 Å². The molecule has 2 aromatic heterocycles. The van der Waals surface area contributed by atoms with E-state index in [0.29, 0.717) is 28.1 Å². The number of rotatable bonds is 5. The summed E-state index contributed by atoms with van der Waals surface area (Å²) in [5.41, 5.74) is 6.10. The van der Waals surface area contributed by atoms with E-state index in [1.54, 1.807) is 18.2 Å². The molecule has 0 saturated carbocycles. The van der Waals surface area contributed by atoms with E-state index in [1.165, 1.54) is 18.4 Å². The number of ether oxygens (including phenoxy) is 1. The second kappa shape index (κ2) is 11.5. The summed E-state index contributed by atoms with van der Waals surface area (Å²) in [4.78, 5) is 56.7. The molecule has 1 atom stereocenters. The predicted octanol–water partition coefficient (Wildman–Crippen LogP) is 2.14. The molecule has 1 aromatic carbocycles. The first kappa shape index (κ1) is 27.1. The van der Waals surface area contributed by atoms with Gasteiger partial charge in [0.2, 0.25) is 5.82 Å². The number of carboxylic acids is 1. The Kier molecular flexibility index (Phi) is 8.66. The van der Waals surface area contributed by atoms with Gasteiger partial charge in [-0.2, -0.15) is 0 Å². The number of fused-ring (bicyclic) bond motifs is 4. The summed E-state index contributed by atoms with van der Waals surface area (Å²) >= 11 is 1.35. The molecule has 2 aliphatic rings. The summed E-state index contributed by atoms with van der Waals surface area (Å²) in [6.45, 7) is 0.124. The number of aromatic nitrogens is 2. The van der Waals surface area contributed by atoms with Crippen molar-refractivity contribution < 1.29 is 24.2 Å². The highest BCUT2D eigenvalue weighted by atomic mass is 35.5. The fourth-order valence-electron chi connectivity index (χ4n) is 4.37. The smallest absolute Gasteiger partial charge is 0.303 e. The van der Waals surface area contributed by atoms with Crippen molar-refractivity contribution in [1.82, 2.24) is 15.3 Å². The summed E-state index contributed by atoms with van der Waals surface area (Å²) in [5.74, 6) is -1.46. The van der Waals surface area contributed by atoms with Gasteiger partial charge >= 0.3 is 5.97 Å². The van der Waals surface area contributed by atoms with E-state index in [2.05, 4.69) is 26.3 Å². The number of hydrogen-bond donors (Lipinski definition) is 5. The molecule has 1 aliphatic carbocycles. The Morgan fingerprint density at radius 2 is 2.08 bits per heavy atom. The summed E-state index contributed by atoms with van der Waals surface area (Å²) < 4.78 is 5.32. The first-order valence-corrected chi connectivity index (χ1v) is 11.9. The van der Waals surface area contributed by atoms with Gasteiger partial charge in [0.25, 0.3) is 17.4 Å². The highest BCUT2D eigenvalue weighted by Crippen LogP contribution is 2.41. The zero-order chi connectivity index (χ0) is 25.1. The quantitative estimate of drug-likeness (QED) is 0.330. The number of carbonyl (C=O) groups excluding carboxylic acids is 2. The van der Waals surface area contributed by atoms with Crippen molar-refractivity contribution >= 4 is 57.4 Å². The van der Waals surface area contributed by atoms with E-state index in [-0.39, 0.29) is 49.6 Å². The van der Waals surface area contributed by atoms with E-state index < -0.39 is 17.4 Å². The highest BCUT2D eigenvalue weighted by molar-refractivity contribution is 7.18. The van der Waals surface area contributed by atoms with E-state index in [1.807, 2.05) is 0 Å². The molecule has 13 heteroatoms. The van der Waals surface area contributed by atoms with Gasteiger partial charge in [-0.15, -0.1) is 23.7 Å². The average Bonchev–Trinajstić information content (AvgIpc) is 3.23. The Labute approximate surface area is 215 Å². The Balaban J connectivity index is 0.00000117. The number of benzene rings is 1. The Morgan fingerprint density at radius 3 is 2.83 bits per heavy atom. The average molecular weight is 536 g/mol. The van der Waals surface area contributed by atoms with Crippen LogP contribution in [0.25, 0.3) is 10.2 Å². The third kappa shape index (κ3) is 5.50. The molecule has 0 spiro atoms. The molecular weight excluding hydrogens is 510 g/mol. The number of amides is 2. The molecule has 0 radical (unpaired) electrons. The summed E-state index contributed by atoms with van der Waals surface area (Å²) in [5, 5.41) is 15.1. The van der Waals surface area contributed by atoms with Gasteiger partial charge in [-0.25, -0.2) is 4.98 Å². The lowest BCUT2D eigenvalue weighted by Gasteiger charge is -2.21. The van der Waals surface area contributed by atoms with Crippen molar-refractivity contribution in [3.8, 4) is 5.75 Å². The SMILES string of the molecule is CN.Cl.O=C(O)CC1CCCc2sc3nc(C(=O)NCc4ccc5c(c4)NC(=O)CO5)[nH]c(=O)c3c21. The van der Waals surface area contributed by atoms with Crippen molar-refractivity contribution in [3.63, 3.8) is 0 Å². The second-order valence-corrected chi connectivity index (χ2v) is 9.15. The normalized spacial score (nSPS) is 15.7. The lowest BCUT2D eigenvalue weighted by molar-refractivity contribution is -0.137. The number of anilines is 1. The fraction of sp³-hybridized carbons (Fsp3) is 0.348. The molecule has 36 heavy (non-hydrogen) atoms. The third-order valence-corrected chi connectivity index (χ3v) is 6.97. The lowest BCUT2D eigenvalue weighted by atomic mass is 9.84.